The standard InChI is InChI=1S/C20H34O2/c1-14(15-7-5-4-6-8-15)16-9-11-19(2,21)17-10-12-20(3,22)18(17)13-16/h15-18,21-22H,1,4-13H2,2-3H3. The molecule has 0 aliphatic heterocycles. The highest BCUT2D eigenvalue weighted by molar-refractivity contribution is 5.12. The Balaban J connectivity index is 1.77. The summed E-state index contributed by atoms with van der Waals surface area (Å²) in [5, 5.41) is 21.7. The molecule has 3 saturated carbocycles. The summed E-state index contributed by atoms with van der Waals surface area (Å²) < 4.78 is 0. The lowest BCUT2D eigenvalue weighted by Gasteiger charge is -2.36. The van der Waals surface area contributed by atoms with Crippen LogP contribution in [0, 0.1) is 23.7 Å². The smallest absolute Gasteiger partial charge is 0.0651 e. The zero-order valence-corrected chi connectivity index (χ0v) is 14.5. The fourth-order valence-corrected chi connectivity index (χ4v) is 5.65. The van der Waals surface area contributed by atoms with Crippen molar-refractivity contribution in [1.82, 2.24) is 0 Å². The van der Waals surface area contributed by atoms with Crippen LogP contribution >= 0.6 is 0 Å². The zero-order chi connectivity index (χ0) is 16.0. The van der Waals surface area contributed by atoms with Crippen molar-refractivity contribution in [2.75, 3.05) is 0 Å². The van der Waals surface area contributed by atoms with Gasteiger partial charge in [0.2, 0.25) is 0 Å². The Morgan fingerprint density at radius 3 is 2.09 bits per heavy atom. The molecule has 0 spiro atoms. The molecule has 3 aliphatic carbocycles. The average Bonchev–Trinajstić information content (AvgIpc) is 2.70. The quantitative estimate of drug-likeness (QED) is 0.740. The van der Waals surface area contributed by atoms with Gasteiger partial charge in [0.1, 0.15) is 0 Å². The van der Waals surface area contributed by atoms with Crippen molar-refractivity contribution in [2.24, 2.45) is 23.7 Å². The number of rotatable bonds is 2. The lowest BCUT2D eigenvalue weighted by molar-refractivity contribution is -0.0540. The predicted molar refractivity (Wildman–Crippen MR) is 90.5 cm³/mol. The van der Waals surface area contributed by atoms with E-state index in [1.54, 1.807) is 0 Å². The maximum atomic E-state index is 10.9. The number of hydrogen-bond donors (Lipinski definition) is 2. The molecule has 0 aromatic heterocycles. The van der Waals surface area contributed by atoms with Gasteiger partial charge in [-0.25, -0.2) is 0 Å². The minimum absolute atomic E-state index is 0.232. The molecule has 0 amide bonds. The van der Waals surface area contributed by atoms with Crippen LogP contribution in [0.3, 0.4) is 0 Å². The van der Waals surface area contributed by atoms with Gasteiger partial charge in [0, 0.05) is 0 Å². The second kappa shape index (κ2) is 5.94. The molecule has 5 unspecified atom stereocenters. The van der Waals surface area contributed by atoms with Gasteiger partial charge >= 0.3 is 0 Å². The Morgan fingerprint density at radius 2 is 1.41 bits per heavy atom. The highest BCUT2D eigenvalue weighted by Crippen LogP contribution is 2.53. The summed E-state index contributed by atoms with van der Waals surface area (Å²) >= 11 is 0. The van der Waals surface area contributed by atoms with Gasteiger partial charge in [-0.05, 0) is 82.5 Å². The molecule has 0 bridgehead atoms. The van der Waals surface area contributed by atoms with Crippen molar-refractivity contribution in [2.45, 2.75) is 89.3 Å². The summed E-state index contributed by atoms with van der Waals surface area (Å²) in [4.78, 5) is 0. The molecule has 3 rings (SSSR count). The van der Waals surface area contributed by atoms with Crippen LogP contribution in [0.25, 0.3) is 0 Å². The number of aliphatic hydroxyl groups is 2. The van der Waals surface area contributed by atoms with Crippen molar-refractivity contribution in [3.63, 3.8) is 0 Å². The third-order valence-corrected chi connectivity index (χ3v) is 7.24. The van der Waals surface area contributed by atoms with Gasteiger partial charge in [0.05, 0.1) is 11.2 Å². The topological polar surface area (TPSA) is 40.5 Å². The fraction of sp³-hybridized carbons (Fsp3) is 0.900. The van der Waals surface area contributed by atoms with Crippen molar-refractivity contribution in [3.8, 4) is 0 Å². The summed E-state index contributed by atoms with van der Waals surface area (Å²) in [7, 11) is 0. The summed E-state index contributed by atoms with van der Waals surface area (Å²) in [5.41, 5.74) is 0.204. The summed E-state index contributed by atoms with van der Waals surface area (Å²) in [5.74, 6) is 1.67. The predicted octanol–water partition coefficient (Wildman–Crippen LogP) is 4.45. The molecular weight excluding hydrogens is 272 g/mol. The largest absolute Gasteiger partial charge is 0.390 e. The van der Waals surface area contributed by atoms with E-state index in [-0.39, 0.29) is 11.8 Å². The van der Waals surface area contributed by atoms with Gasteiger partial charge in [-0.1, -0.05) is 31.4 Å². The molecule has 0 heterocycles. The summed E-state index contributed by atoms with van der Waals surface area (Å²) in [6.07, 6.45) is 11.4. The van der Waals surface area contributed by atoms with Crippen LogP contribution in [-0.4, -0.2) is 21.4 Å². The van der Waals surface area contributed by atoms with E-state index in [9.17, 15) is 10.2 Å². The Morgan fingerprint density at radius 1 is 0.818 bits per heavy atom. The Kier molecular flexibility index (Phi) is 4.46. The number of fused-ring (bicyclic) bond motifs is 1. The van der Waals surface area contributed by atoms with E-state index in [4.69, 9.17) is 0 Å². The van der Waals surface area contributed by atoms with Crippen LogP contribution < -0.4 is 0 Å². The van der Waals surface area contributed by atoms with E-state index in [2.05, 4.69) is 6.58 Å². The van der Waals surface area contributed by atoms with Crippen molar-refractivity contribution < 1.29 is 10.2 Å². The van der Waals surface area contributed by atoms with E-state index in [0.29, 0.717) is 11.8 Å². The van der Waals surface area contributed by atoms with E-state index in [0.717, 1.165) is 32.1 Å². The second-order valence-electron chi connectivity index (χ2n) is 8.85. The highest BCUT2D eigenvalue weighted by atomic mass is 16.3. The van der Waals surface area contributed by atoms with Gasteiger partial charge in [0.15, 0.2) is 0 Å². The molecule has 2 heteroatoms. The number of hydrogen-bond acceptors (Lipinski definition) is 2. The lowest BCUT2D eigenvalue weighted by Crippen LogP contribution is -2.40. The SMILES string of the molecule is C=C(C1CCCCC1)C1CCC(C)(O)C2CCC(C)(O)C2C1. The lowest BCUT2D eigenvalue weighted by atomic mass is 9.73. The first-order valence-electron chi connectivity index (χ1n) is 9.45. The molecule has 3 aliphatic rings. The minimum Gasteiger partial charge on any atom is -0.390 e. The molecule has 5 atom stereocenters. The molecular formula is C20H34O2. The summed E-state index contributed by atoms with van der Waals surface area (Å²) in [6, 6.07) is 0. The molecule has 2 nitrogen and oxygen atoms in total. The zero-order valence-electron chi connectivity index (χ0n) is 14.5. The third kappa shape index (κ3) is 3.01. The number of allylic oxidation sites excluding steroid dienone is 1. The Bertz CT molecular complexity index is 417. The van der Waals surface area contributed by atoms with Crippen LogP contribution in [0.4, 0.5) is 0 Å². The first-order valence-corrected chi connectivity index (χ1v) is 9.45. The van der Waals surface area contributed by atoms with E-state index in [1.165, 1.54) is 37.7 Å². The van der Waals surface area contributed by atoms with Crippen LogP contribution in [0.15, 0.2) is 12.2 Å². The first-order chi connectivity index (χ1) is 10.3. The van der Waals surface area contributed by atoms with Crippen LogP contribution in [0.2, 0.25) is 0 Å². The molecule has 2 N–H and O–H groups in total. The highest BCUT2D eigenvalue weighted by Gasteiger charge is 2.53. The maximum absolute atomic E-state index is 10.9. The van der Waals surface area contributed by atoms with Gasteiger partial charge in [-0.2, -0.15) is 0 Å². The monoisotopic (exact) mass is 306 g/mol. The van der Waals surface area contributed by atoms with Crippen molar-refractivity contribution in [3.05, 3.63) is 12.2 Å². The Labute approximate surface area is 136 Å². The van der Waals surface area contributed by atoms with Gasteiger partial charge < -0.3 is 10.2 Å². The van der Waals surface area contributed by atoms with Crippen molar-refractivity contribution in [1.29, 1.82) is 0 Å². The molecule has 3 fully saturated rings. The van der Waals surface area contributed by atoms with Crippen molar-refractivity contribution >= 4 is 0 Å². The van der Waals surface area contributed by atoms with Gasteiger partial charge in [0.25, 0.3) is 0 Å². The summed E-state index contributed by atoms with van der Waals surface area (Å²) in [6.45, 7) is 8.47. The van der Waals surface area contributed by atoms with E-state index in [1.807, 2.05) is 13.8 Å². The second-order valence-corrected chi connectivity index (χ2v) is 8.85. The molecule has 22 heavy (non-hydrogen) atoms. The normalized spacial score (nSPS) is 47.0. The average molecular weight is 306 g/mol. The molecule has 0 radical (unpaired) electrons. The van der Waals surface area contributed by atoms with Gasteiger partial charge in [-0.3, -0.25) is 0 Å². The maximum Gasteiger partial charge on any atom is 0.0651 e. The minimum atomic E-state index is -0.618. The van der Waals surface area contributed by atoms with Crippen LogP contribution in [0.5, 0.6) is 0 Å². The van der Waals surface area contributed by atoms with E-state index < -0.39 is 11.2 Å². The van der Waals surface area contributed by atoms with Gasteiger partial charge in [-0.15, -0.1) is 0 Å². The van der Waals surface area contributed by atoms with Crippen LogP contribution in [-0.2, 0) is 0 Å². The molecule has 0 aromatic carbocycles. The molecule has 0 aromatic rings. The van der Waals surface area contributed by atoms with E-state index >= 15 is 0 Å². The fourth-order valence-electron chi connectivity index (χ4n) is 5.65. The Hall–Kier alpha value is -0.340. The molecule has 0 saturated heterocycles. The van der Waals surface area contributed by atoms with Crippen LogP contribution in [0.1, 0.15) is 78.1 Å². The molecule has 126 valence electrons. The third-order valence-electron chi connectivity index (χ3n) is 7.24. The first kappa shape index (κ1) is 16.5.